The van der Waals surface area contributed by atoms with Crippen molar-refractivity contribution >= 4 is 23.2 Å². The number of carbonyl (C=O) groups is 1. The molecule has 2 atom stereocenters. The van der Waals surface area contributed by atoms with E-state index in [1.807, 2.05) is 33.0 Å². The van der Waals surface area contributed by atoms with Crippen molar-refractivity contribution < 1.29 is 23.9 Å². The van der Waals surface area contributed by atoms with Crippen molar-refractivity contribution in [2.75, 3.05) is 33.7 Å². The van der Waals surface area contributed by atoms with Crippen LogP contribution in [-0.4, -0.2) is 40.3 Å². The monoisotopic (exact) mass is 407 g/mol. The Bertz CT molecular complexity index is 841. The molecule has 0 bridgehead atoms. The van der Waals surface area contributed by atoms with Crippen LogP contribution in [0.4, 0.5) is 5.69 Å². The van der Waals surface area contributed by atoms with E-state index in [2.05, 4.69) is 5.32 Å². The molecule has 0 saturated carbocycles. The molecule has 0 aromatic heterocycles. The highest BCUT2D eigenvalue weighted by atomic mass is 35.5. The number of anilines is 1. The average Bonchev–Trinajstić information content (AvgIpc) is 2.68. The van der Waals surface area contributed by atoms with Gasteiger partial charge in [0.25, 0.3) is 5.91 Å². The van der Waals surface area contributed by atoms with Gasteiger partial charge in [0.05, 0.1) is 34.1 Å². The topological polar surface area (TPSA) is 61.2 Å². The number of rotatable bonds is 8. The van der Waals surface area contributed by atoms with E-state index in [-0.39, 0.29) is 11.9 Å². The molecule has 0 aliphatic rings. The molecule has 0 fully saturated rings. The van der Waals surface area contributed by atoms with Crippen molar-refractivity contribution in [3.05, 3.63) is 46.5 Å². The molecule has 0 heterocycles. The first-order valence-corrected chi connectivity index (χ1v) is 9.36. The van der Waals surface area contributed by atoms with Crippen molar-refractivity contribution in [3.8, 4) is 17.2 Å². The standard InChI is InChI=1S/C21H27ClN2O4/c1-13-9-19(27-5)20(28-6)10-15(13)12-24(3)14(2)21(25)23-17-11-16(22)7-8-18(17)26-4/h7-11,14H,12H2,1-6H3,(H,23,25)/p+1/t14-/m1/s1. The van der Waals surface area contributed by atoms with Crippen molar-refractivity contribution in [1.82, 2.24) is 0 Å². The number of hydrogen-bond donors (Lipinski definition) is 2. The second-order valence-electron chi connectivity index (χ2n) is 6.71. The van der Waals surface area contributed by atoms with Crippen LogP contribution in [0.2, 0.25) is 5.02 Å². The second-order valence-corrected chi connectivity index (χ2v) is 7.15. The van der Waals surface area contributed by atoms with Gasteiger partial charge in [-0.05, 0) is 49.7 Å². The second kappa shape index (κ2) is 9.66. The summed E-state index contributed by atoms with van der Waals surface area (Å²) >= 11 is 6.04. The molecule has 2 N–H and O–H groups in total. The van der Waals surface area contributed by atoms with Crippen LogP contribution < -0.4 is 24.4 Å². The first-order chi connectivity index (χ1) is 13.3. The van der Waals surface area contributed by atoms with Gasteiger partial charge in [-0.2, -0.15) is 0 Å². The molecule has 1 unspecified atom stereocenters. The highest BCUT2D eigenvalue weighted by molar-refractivity contribution is 6.31. The predicted molar refractivity (Wildman–Crippen MR) is 111 cm³/mol. The Kier molecular flexibility index (Phi) is 7.54. The van der Waals surface area contributed by atoms with Crippen LogP contribution >= 0.6 is 11.6 Å². The number of amides is 1. The fraction of sp³-hybridized carbons (Fsp3) is 0.381. The van der Waals surface area contributed by atoms with Gasteiger partial charge in [-0.3, -0.25) is 4.79 Å². The highest BCUT2D eigenvalue weighted by Gasteiger charge is 2.24. The predicted octanol–water partition coefficient (Wildman–Crippen LogP) is 2.72. The molecule has 152 valence electrons. The highest BCUT2D eigenvalue weighted by Crippen LogP contribution is 2.30. The van der Waals surface area contributed by atoms with Crippen LogP contribution in [0.15, 0.2) is 30.3 Å². The molecule has 0 spiro atoms. The van der Waals surface area contributed by atoms with Crippen LogP contribution in [0, 0.1) is 6.92 Å². The lowest BCUT2D eigenvalue weighted by molar-refractivity contribution is -0.907. The summed E-state index contributed by atoms with van der Waals surface area (Å²) < 4.78 is 16.0. The maximum atomic E-state index is 12.8. The lowest BCUT2D eigenvalue weighted by atomic mass is 10.1. The number of ether oxygens (including phenoxy) is 3. The smallest absolute Gasteiger partial charge is 0.282 e. The van der Waals surface area contributed by atoms with Gasteiger partial charge in [-0.15, -0.1) is 0 Å². The van der Waals surface area contributed by atoms with Gasteiger partial charge >= 0.3 is 0 Å². The van der Waals surface area contributed by atoms with Gasteiger partial charge in [0, 0.05) is 10.6 Å². The van der Waals surface area contributed by atoms with Crippen LogP contribution in [0.3, 0.4) is 0 Å². The Hall–Kier alpha value is -2.44. The molecule has 6 nitrogen and oxygen atoms in total. The van der Waals surface area contributed by atoms with Crippen LogP contribution in [0.1, 0.15) is 18.1 Å². The minimum absolute atomic E-state index is 0.115. The van der Waals surface area contributed by atoms with Gasteiger partial charge in [-0.25, -0.2) is 0 Å². The zero-order valence-electron chi connectivity index (χ0n) is 17.2. The zero-order chi connectivity index (χ0) is 20.8. The number of carbonyl (C=O) groups excluding carboxylic acids is 1. The Labute approximate surface area is 171 Å². The molecule has 2 aromatic rings. The van der Waals surface area contributed by atoms with E-state index >= 15 is 0 Å². The summed E-state index contributed by atoms with van der Waals surface area (Å²) in [5, 5.41) is 3.44. The van der Waals surface area contributed by atoms with Gasteiger partial charge in [-0.1, -0.05) is 11.6 Å². The summed E-state index contributed by atoms with van der Waals surface area (Å²) in [6, 6.07) is 8.74. The third kappa shape index (κ3) is 5.09. The van der Waals surface area contributed by atoms with E-state index in [9.17, 15) is 4.79 Å². The van der Waals surface area contributed by atoms with Gasteiger partial charge in [0.1, 0.15) is 12.3 Å². The molecule has 28 heavy (non-hydrogen) atoms. The number of aryl methyl sites for hydroxylation is 1. The van der Waals surface area contributed by atoms with Crippen molar-refractivity contribution in [1.29, 1.82) is 0 Å². The van der Waals surface area contributed by atoms with Crippen LogP contribution in [-0.2, 0) is 11.3 Å². The van der Waals surface area contributed by atoms with Crippen LogP contribution in [0.5, 0.6) is 17.2 Å². The minimum Gasteiger partial charge on any atom is -0.495 e. The summed E-state index contributed by atoms with van der Waals surface area (Å²) in [5.41, 5.74) is 2.73. The molecular weight excluding hydrogens is 380 g/mol. The van der Waals surface area contributed by atoms with E-state index < -0.39 is 0 Å². The maximum absolute atomic E-state index is 12.8. The number of quaternary nitrogens is 1. The quantitative estimate of drug-likeness (QED) is 0.706. The fourth-order valence-electron chi connectivity index (χ4n) is 2.91. The third-order valence-corrected chi connectivity index (χ3v) is 5.10. The maximum Gasteiger partial charge on any atom is 0.282 e. The number of benzene rings is 2. The van der Waals surface area contributed by atoms with Gasteiger partial charge in [0.15, 0.2) is 17.5 Å². The summed E-state index contributed by atoms with van der Waals surface area (Å²) in [4.78, 5) is 13.8. The molecular formula is C21H28ClN2O4+. The van der Waals surface area contributed by atoms with Crippen LogP contribution in [0.25, 0.3) is 0 Å². The van der Waals surface area contributed by atoms with E-state index in [0.717, 1.165) is 16.0 Å². The molecule has 0 aliphatic heterocycles. The number of likely N-dealkylation sites (N-methyl/N-ethyl adjacent to an activating group) is 1. The number of halogens is 1. The summed E-state index contributed by atoms with van der Waals surface area (Å²) in [7, 11) is 6.77. The molecule has 2 aromatic carbocycles. The lowest BCUT2D eigenvalue weighted by Crippen LogP contribution is -3.12. The minimum atomic E-state index is -0.295. The summed E-state index contributed by atoms with van der Waals surface area (Å²) in [6.07, 6.45) is 0. The largest absolute Gasteiger partial charge is 0.495 e. The number of nitrogens with one attached hydrogen (secondary N) is 2. The van der Waals surface area contributed by atoms with Gasteiger partial charge < -0.3 is 24.4 Å². The molecule has 1 amide bonds. The molecule has 7 heteroatoms. The zero-order valence-corrected chi connectivity index (χ0v) is 17.9. The third-order valence-electron chi connectivity index (χ3n) is 4.86. The Morgan fingerprint density at radius 3 is 2.29 bits per heavy atom. The normalized spacial score (nSPS) is 12.8. The Balaban J connectivity index is 2.13. The number of methoxy groups -OCH3 is 3. The number of hydrogen-bond acceptors (Lipinski definition) is 4. The van der Waals surface area contributed by atoms with Gasteiger partial charge in [0.2, 0.25) is 0 Å². The molecule has 0 aliphatic carbocycles. The Morgan fingerprint density at radius 2 is 1.68 bits per heavy atom. The Morgan fingerprint density at radius 1 is 1.07 bits per heavy atom. The van der Waals surface area contributed by atoms with E-state index in [0.29, 0.717) is 34.5 Å². The first kappa shape index (κ1) is 21.9. The fourth-order valence-corrected chi connectivity index (χ4v) is 3.08. The van der Waals surface area contributed by atoms with E-state index in [4.69, 9.17) is 25.8 Å². The lowest BCUT2D eigenvalue weighted by Gasteiger charge is -2.23. The summed E-state index contributed by atoms with van der Waals surface area (Å²) in [6.45, 7) is 4.57. The molecule has 0 saturated heterocycles. The van der Waals surface area contributed by atoms with Crippen molar-refractivity contribution in [2.24, 2.45) is 0 Å². The molecule has 2 rings (SSSR count). The van der Waals surface area contributed by atoms with E-state index in [1.165, 1.54) is 0 Å². The summed E-state index contributed by atoms with van der Waals surface area (Å²) in [5.74, 6) is 1.83. The van der Waals surface area contributed by atoms with E-state index in [1.54, 1.807) is 39.5 Å². The van der Waals surface area contributed by atoms with Crippen molar-refractivity contribution in [2.45, 2.75) is 26.4 Å². The van der Waals surface area contributed by atoms with Crippen molar-refractivity contribution in [3.63, 3.8) is 0 Å². The SMILES string of the molecule is COc1ccc(Cl)cc1NC(=O)[C@@H](C)[NH+](C)Cc1cc(OC)c(OC)cc1C. The first-order valence-electron chi connectivity index (χ1n) is 8.98. The average molecular weight is 408 g/mol. The molecule has 0 radical (unpaired) electrons.